The second-order valence-electron chi connectivity index (χ2n) is 6.29. The van der Waals surface area contributed by atoms with Crippen LogP contribution in [0.2, 0.25) is 10.0 Å². The van der Waals surface area contributed by atoms with E-state index in [2.05, 4.69) is 25.3 Å². The van der Waals surface area contributed by atoms with E-state index in [4.69, 9.17) is 28.3 Å². The van der Waals surface area contributed by atoms with E-state index in [1.54, 1.807) is 30.3 Å². The molecule has 0 spiro atoms. The van der Waals surface area contributed by atoms with E-state index in [1.165, 1.54) is 18.2 Å². The van der Waals surface area contributed by atoms with Crippen LogP contribution in [0.1, 0.15) is 6.42 Å². The minimum atomic E-state index is -4.81. The van der Waals surface area contributed by atoms with Gasteiger partial charge in [-0.2, -0.15) is 4.98 Å². The fourth-order valence-electron chi connectivity index (χ4n) is 2.60. The summed E-state index contributed by atoms with van der Waals surface area (Å²) in [5, 5.41) is 15.8. The predicted octanol–water partition coefficient (Wildman–Crippen LogP) is 5.89. The summed E-state index contributed by atoms with van der Waals surface area (Å²) in [5.41, 5.74) is 1.22. The van der Waals surface area contributed by atoms with Crippen molar-refractivity contribution in [3.05, 3.63) is 58.6 Å². The molecule has 3 rings (SSSR count). The molecule has 0 aliphatic heterocycles. The number of nitrogens with zero attached hydrogens (tertiary/aromatic N) is 2. The lowest BCUT2D eigenvalue weighted by Gasteiger charge is -2.13. The smallest absolute Gasteiger partial charge is 0.406 e. The van der Waals surface area contributed by atoms with Crippen LogP contribution >= 0.6 is 23.2 Å². The molecule has 0 amide bonds. The van der Waals surface area contributed by atoms with Gasteiger partial charge in [-0.05, 0) is 36.8 Å². The third-order valence-corrected chi connectivity index (χ3v) is 4.46. The number of anilines is 3. The summed E-state index contributed by atoms with van der Waals surface area (Å²) in [5.74, 6) is 0.183. The molecule has 0 fully saturated rings. The van der Waals surface area contributed by atoms with Gasteiger partial charge in [0.25, 0.3) is 0 Å². The molecule has 11 heteroatoms. The number of ether oxygens (including phenoxy) is 1. The van der Waals surface area contributed by atoms with Gasteiger partial charge in [-0.25, -0.2) is 4.98 Å². The molecule has 0 saturated carbocycles. The molecule has 1 heterocycles. The van der Waals surface area contributed by atoms with E-state index in [0.29, 0.717) is 45.8 Å². The molecule has 0 unspecified atom stereocenters. The van der Waals surface area contributed by atoms with Crippen LogP contribution in [-0.2, 0) is 0 Å². The van der Waals surface area contributed by atoms with Crippen molar-refractivity contribution in [2.45, 2.75) is 12.8 Å². The Balaban J connectivity index is 1.97. The fourth-order valence-corrected chi connectivity index (χ4v) is 2.94. The zero-order valence-electron chi connectivity index (χ0n) is 15.9. The van der Waals surface area contributed by atoms with Gasteiger partial charge in [-0.1, -0.05) is 35.3 Å². The van der Waals surface area contributed by atoms with Gasteiger partial charge in [0.15, 0.2) is 0 Å². The second-order valence-corrected chi connectivity index (χ2v) is 7.13. The van der Waals surface area contributed by atoms with E-state index in [-0.39, 0.29) is 18.3 Å². The first kappa shape index (κ1) is 22.9. The lowest BCUT2D eigenvalue weighted by molar-refractivity contribution is -0.274. The van der Waals surface area contributed by atoms with Crippen molar-refractivity contribution >= 4 is 40.7 Å². The molecule has 31 heavy (non-hydrogen) atoms. The van der Waals surface area contributed by atoms with Gasteiger partial charge in [0.2, 0.25) is 5.95 Å². The lowest BCUT2D eigenvalue weighted by atomic mass is 10.1. The molecule has 1 aromatic heterocycles. The van der Waals surface area contributed by atoms with Crippen molar-refractivity contribution in [1.29, 1.82) is 0 Å². The number of hydrogen-bond donors (Lipinski definition) is 3. The van der Waals surface area contributed by atoms with Crippen LogP contribution in [0.4, 0.5) is 30.6 Å². The summed E-state index contributed by atoms with van der Waals surface area (Å²) in [7, 11) is 0. The molecule has 3 aromatic rings. The minimum absolute atomic E-state index is 0.0211. The van der Waals surface area contributed by atoms with E-state index >= 15 is 0 Å². The molecule has 6 nitrogen and oxygen atoms in total. The average molecular weight is 473 g/mol. The molecule has 0 saturated heterocycles. The highest BCUT2D eigenvalue weighted by Gasteiger charge is 2.31. The van der Waals surface area contributed by atoms with Crippen LogP contribution in [0, 0.1) is 0 Å². The molecule has 164 valence electrons. The van der Waals surface area contributed by atoms with Gasteiger partial charge in [-0.3, -0.25) is 0 Å². The predicted molar refractivity (Wildman–Crippen MR) is 114 cm³/mol. The summed E-state index contributed by atoms with van der Waals surface area (Å²) < 4.78 is 41.7. The van der Waals surface area contributed by atoms with Crippen LogP contribution in [-0.4, -0.2) is 34.6 Å². The number of aliphatic hydroxyl groups excluding tert-OH is 1. The first-order chi connectivity index (χ1) is 14.7. The van der Waals surface area contributed by atoms with Gasteiger partial charge < -0.3 is 20.5 Å². The Kier molecular flexibility index (Phi) is 7.42. The number of halogens is 5. The van der Waals surface area contributed by atoms with Crippen LogP contribution < -0.4 is 15.4 Å². The van der Waals surface area contributed by atoms with E-state index < -0.39 is 6.36 Å². The van der Waals surface area contributed by atoms with Crippen molar-refractivity contribution in [3.63, 3.8) is 0 Å². The highest BCUT2D eigenvalue weighted by molar-refractivity contribution is 6.35. The number of benzene rings is 2. The molecule has 0 bridgehead atoms. The maximum atomic E-state index is 12.6. The van der Waals surface area contributed by atoms with Crippen LogP contribution in [0.5, 0.6) is 5.75 Å². The first-order valence-corrected chi connectivity index (χ1v) is 9.81. The van der Waals surface area contributed by atoms with Gasteiger partial charge in [0, 0.05) is 29.8 Å². The molecule has 0 aliphatic carbocycles. The summed E-state index contributed by atoms with van der Waals surface area (Å²) in [6, 6.07) is 11.9. The number of nitrogens with one attached hydrogen (secondary N) is 2. The third-order valence-electron chi connectivity index (χ3n) is 3.90. The van der Waals surface area contributed by atoms with Crippen LogP contribution in [0.3, 0.4) is 0 Å². The quantitative estimate of drug-likeness (QED) is 0.355. The van der Waals surface area contributed by atoms with Crippen molar-refractivity contribution < 1.29 is 23.0 Å². The Labute approximate surface area is 186 Å². The summed E-state index contributed by atoms with van der Waals surface area (Å²) in [6.07, 6.45) is -4.34. The topological polar surface area (TPSA) is 79.3 Å². The third kappa shape index (κ3) is 6.88. The van der Waals surface area contributed by atoms with E-state index in [0.717, 1.165) is 0 Å². The molecule has 0 aliphatic rings. The van der Waals surface area contributed by atoms with Crippen molar-refractivity contribution in [1.82, 2.24) is 9.97 Å². The van der Waals surface area contributed by atoms with Crippen molar-refractivity contribution in [2.75, 3.05) is 23.8 Å². The number of hydrogen-bond acceptors (Lipinski definition) is 6. The monoisotopic (exact) mass is 472 g/mol. The number of aliphatic hydroxyl groups is 1. The maximum Gasteiger partial charge on any atom is 0.573 e. The standard InChI is InChI=1S/C20H17Cl2F3N4O2/c21-13-5-6-15(22)17(10-13)27-18-11-16(28-19(29-18)26-7-2-8-30)12-3-1-4-14(9-12)31-20(23,24)25/h1,3-6,9-11,30H,2,7-8H2,(H2,26,27,28,29). The molecular weight excluding hydrogens is 456 g/mol. The first-order valence-electron chi connectivity index (χ1n) is 9.05. The zero-order chi connectivity index (χ0) is 22.4. The van der Waals surface area contributed by atoms with Crippen molar-refractivity contribution in [2.24, 2.45) is 0 Å². The SMILES string of the molecule is OCCCNc1nc(Nc2cc(Cl)ccc2Cl)cc(-c2cccc(OC(F)(F)F)c2)n1. The summed E-state index contributed by atoms with van der Waals surface area (Å²) in [6.45, 7) is 0.376. The number of alkyl halides is 3. The minimum Gasteiger partial charge on any atom is -0.406 e. The Hall–Kier alpha value is -2.75. The molecular formula is C20H17Cl2F3N4O2. The average Bonchev–Trinajstić information content (AvgIpc) is 2.70. The summed E-state index contributed by atoms with van der Waals surface area (Å²) >= 11 is 12.2. The lowest BCUT2D eigenvalue weighted by Crippen LogP contribution is -2.17. The van der Waals surface area contributed by atoms with E-state index in [9.17, 15) is 13.2 Å². The number of aromatic nitrogens is 2. The molecule has 2 aromatic carbocycles. The van der Waals surface area contributed by atoms with Crippen LogP contribution in [0.25, 0.3) is 11.3 Å². The molecule has 0 radical (unpaired) electrons. The highest BCUT2D eigenvalue weighted by Crippen LogP contribution is 2.31. The zero-order valence-corrected chi connectivity index (χ0v) is 17.4. The normalized spacial score (nSPS) is 11.3. The Morgan fingerprint density at radius 1 is 1.03 bits per heavy atom. The number of rotatable bonds is 8. The Morgan fingerprint density at radius 3 is 2.58 bits per heavy atom. The highest BCUT2D eigenvalue weighted by atomic mass is 35.5. The van der Waals surface area contributed by atoms with Gasteiger partial charge in [-0.15, -0.1) is 13.2 Å². The molecule has 3 N–H and O–H groups in total. The second kappa shape index (κ2) is 10.0. The van der Waals surface area contributed by atoms with Crippen LogP contribution in [0.15, 0.2) is 48.5 Å². The van der Waals surface area contributed by atoms with Gasteiger partial charge in [0.05, 0.1) is 16.4 Å². The molecule has 0 atom stereocenters. The Bertz CT molecular complexity index is 1050. The Morgan fingerprint density at radius 2 is 1.84 bits per heavy atom. The maximum absolute atomic E-state index is 12.6. The fraction of sp³-hybridized carbons (Fsp3) is 0.200. The van der Waals surface area contributed by atoms with E-state index in [1.807, 2.05) is 0 Å². The largest absolute Gasteiger partial charge is 0.573 e. The summed E-state index contributed by atoms with van der Waals surface area (Å²) in [4.78, 5) is 8.71. The van der Waals surface area contributed by atoms with Gasteiger partial charge >= 0.3 is 6.36 Å². The van der Waals surface area contributed by atoms with Gasteiger partial charge in [0.1, 0.15) is 11.6 Å². The van der Waals surface area contributed by atoms with Crippen molar-refractivity contribution in [3.8, 4) is 17.0 Å².